The Hall–Kier alpha value is -1.27. The Morgan fingerprint density at radius 2 is 1.76 bits per heavy atom. The molecular formula is C19H31BrN2O3. The van der Waals surface area contributed by atoms with E-state index in [2.05, 4.69) is 46.9 Å². The molecule has 0 aromatic heterocycles. The first kappa shape index (κ1) is 21.8. The molecule has 1 aromatic rings. The number of nitrogens with one attached hydrogen (secondary N) is 1. The first-order valence-electron chi connectivity index (χ1n) is 9.01. The maximum absolute atomic E-state index is 12.3. The van der Waals surface area contributed by atoms with Gasteiger partial charge in [0.05, 0.1) is 19.6 Å². The molecule has 0 aliphatic carbocycles. The first-order valence-corrected chi connectivity index (χ1v) is 9.80. The predicted molar refractivity (Wildman–Crippen MR) is 106 cm³/mol. The normalized spacial score (nSPS) is 11.0. The minimum absolute atomic E-state index is 0.00659. The van der Waals surface area contributed by atoms with E-state index in [1.165, 1.54) is 0 Å². The number of likely N-dealkylation sites (N-methyl/N-ethyl adjacent to an activating group) is 1. The molecule has 0 bridgehead atoms. The number of halogens is 1. The number of rotatable bonds is 11. The summed E-state index contributed by atoms with van der Waals surface area (Å²) < 4.78 is 12.1. The summed E-state index contributed by atoms with van der Waals surface area (Å²) in [5, 5.41) is 3.00. The van der Waals surface area contributed by atoms with E-state index in [4.69, 9.17) is 9.47 Å². The first-order chi connectivity index (χ1) is 11.9. The number of nitrogens with zero attached hydrogens (tertiary/aromatic N) is 1. The van der Waals surface area contributed by atoms with Crippen LogP contribution < -0.4 is 14.8 Å². The van der Waals surface area contributed by atoms with E-state index >= 15 is 0 Å². The van der Waals surface area contributed by atoms with E-state index < -0.39 is 0 Å². The highest BCUT2D eigenvalue weighted by Crippen LogP contribution is 2.34. The standard InChI is InChI=1S/C19H31BrN2O3/c1-6-22(14(4)5)10-9-21-19(23)12-15-11-17(24-7-2)18(25-8-3)13-16(15)20/h11,13-14H,6-10,12H2,1-5H3,(H,21,23). The second-order valence-corrected chi connectivity index (χ2v) is 6.86. The van der Waals surface area contributed by atoms with Crippen LogP contribution in [0.5, 0.6) is 11.5 Å². The van der Waals surface area contributed by atoms with Gasteiger partial charge >= 0.3 is 0 Å². The van der Waals surface area contributed by atoms with E-state index in [1.54, 1.807) is 0 Å². The zero-order valence-electron chi connectivity index (χ0n) is 16.0. The van der Waals surface area contributed by atoms with Gasteiger partial charge in [-0.2, -0.15) is 0 Å². The van der Waals surface area contributed by atoms with Gasteiger partial charge in [-0.05, 0) is 51.9 Å². The van der Waals surface area contributed by atoms with Gasteiger partial charge in [0, 0.05) is 23.6 Å². The summed E-state index contributed by atoms with van der Waals surface area (Å²) in [5.74, 6) is 1.37. The Kier molecular flexibility index (Phi) is 9.90. The molecule has 0 unspecified atom stereocenters. The average Bonchev–Trinajstić information content (AvgIpc) is 2.55. The Morgan fingerprint density at radius 3 is 2.28 bits per heavy atom. The van der Waals surface area contributed by atoms with Crippen LogP contribution in [-0.2, 0) is 11.2 Å². The van der Waals surface area contributed by atoms with Crippen LogP contribution in [0.15, 0.2) is 16.6 Å². The van der Waals surface area contributed by atoms with Crippen LogP contribution in [-0.4, -0.2) is 49.7 Å². The van der Waals surface area contributed by atoms with Crippen molar-refractivity contribution in [1.82, 2.24) is 10.2 Å². The largest absolute Gasteiger partial charge is 0.490 e. The van der Waals surface area contributed by atoms with Gasteiger partial charge in [-0.3, -0.25) is 9.69 Å². The number of hydrogen-bond acceptors (Lipinski definition) is 4. The minimum atomic E-state index is 0.00659. The number of ether oxygens (including phenoxy) is 2. The molecule has 1 aromatic carbocycles. The molecule has 0 aliphatic rings. The van der Waals surface area contributed by atoms with Crippen molar-refractivity contribution in [3.8, 4) is 11.5 Å². The molecule has 0 fully saturated rings. The van der Waals surface area contributed by atoms with Crippen LogP contribution in [0.1, 0.15) is 40.2 Å². The zero-order chi connectivity index (χ0) is 18.8. The maximum atomic E-state index is 12.3. The molecule has 0 saturated carbocycles. The van der Waals surface area contributed by atoms with E-state index in [1.807, 2.05) is 26.0 Å². The van der Waals surface area contributed by atoms with Crippen molar-refractivity contribution in [2.75, 3.05) is 32.8 Å². The van der Waals surface area contributed by atoms with Gasteiger partial charge in [0.1, 0.15) is 0 Å². The number of carbonyl (C=O) groups is 1. The van der Waals surface area contributed by atoms with Crippen LogP contribution in [0.25, 0.3) is 0 Å². The lowest BCUT2D eigenvalue weighted by molar-refractivity contribution is -0.120. The van der Waals surface area contributed by atoms with Crippen molar-refractivity contribution in [2.24, 2.45) is 0 Å². The number of hydrogen-bond donors (Lipinski definition) is 1. The van der Waals surface area contributed by atoms with Gasteiger partial charge in [-0.25, -0.2) is 0 Å². The summed E-state index contributed by atoms with van der Waals surface area (Å²) in [6.07, 6.45) is 0.306. The smallest absolute Gasteiger partial charge is 0.224 e. The Labute approximate surface area is 160 Å². The third kappa shape index (κ3) is 7.24. The zero-order valence-corrected chi connectivity index (χ0v) is 17.6. The van der Waals surface area contributed by atoms with E-state index in [0.717, 1.165) is 23.1 Å². The van der Waals surface area contributed by atoms with Gasteiger partial charge in [0.15, 0.2) is 11.5 Å². The molecule has 6 heteroatoms. The molecule has 5 nitrogen and oxygen atoms in total. The highest BCUT2D eigenvalue weighted by Gasteiger charge is 2.14. The molecule has 1 N–H and O–H groups in total. The fourth-order valence-electron chi connectivity index (χ4n) is 2.61. The van der Waals surface area contributed by atoms with Crippen molar-refractivity contribution in [3.05, 3.63) is 22.2 Å². The molecule has 0 spiro atoms. The van der Waals surface area contributed by atoms with Gasteiger partial charge in [0.25, 0.3) is 0 Å². The molecule has 0 radical (unpaired) electrons. The lowest BCUT2D eigenvalue weighted by Gasteiger charge is -2.24. The maximum Gasteiger partial charge on any atom is 0.224 e. The van der Waals surface area contributed by atoms with Crippen LogP contribution in [0, 0.1) is 0 Å². The molecule has 0 atom stereocenters. The highest BCUT2D eigenvalue weighted by molar-refractivity contribution is 9.10. The lowest BCUT2D eigenvalue weighted by atomic mass is 10.1. The van der Waals surface area contributed by atoms with Gasteiger partial charge in [0.2, 0.25) is 5.91 Å². The molecule has 1 amide bonds. The second-order valence-electron chi connectivity index (χ2n) is 6.01. The van der Waals surface area contributed by atoms with Crippen molar-refractivity contribution < 1.29 is 14.3 Å². The SMILES string of the molecule is CCOc1cc(Br)c(CC(=O)NCCN(CC)C(C)C)cc1OCC. The van der Waals surface area contributed by atoms with Gasteiger partial charge < -0.3 is 14.8 Å². The van der Waals surface area contributed by atoms with Crippen molar-refractivity contribution in [1.29, 1.82) is 0 Å². The predicted octanol–water partition coefficient (Wildman–Crippen LogP) is 3.64. The molecule has 0 heterocycles. The van der Waals surface area contributed by atoms with E-state index in [0.29, 0.717) is 43.7 Å². The molecule has 142 valence electrons. The van der Waals surface area contributed by atoms with Crippen LogP contribution in [0.3, 0.4) is 0 Å². The molecule has 1 rings (SSSR count). The Balaban J connectivity index is 2.68. The van der Waals surface area contributed by atoms with Crippen molar-refractivity contribution in [2.45, 2.75) is 47.1 Å². The van der Waals surface area contributed by atoms with E-state index in [9.17, 15) is 4.79 Å². The average molecular weight is 415 g/mol. The van der Waals surface area contributed by atoms with Crippen LogP contribution in [0.4, 0.5) is 0 Å². The monoisotopic (exact) mass is 414 g/mol. The third-order valence-corrected chi connectivity index (χ3v) is 4.66. The van der Waals surface area contributed by atoms with Gasteiger partial charge in [-0.15, -0.1) is 0 Å². The van der Waals surface area contributed by atoms with Crippen LogP contribution >= 0.6 is 15.9 Å². The Bertz CT molecular complexity index is 550. The topological polar surface area (TPSA) is 50.8 Å². The summed E-state index contributed by atoms with van der Waals surface area (Å²) in [6.45, 7) is 13.9. The minimum Gasteiger partial charge on any atom is -0.490 e. The summed E-state index contributed by atoms with van der Waals surface area (Å²) in [7, 11) is 0. The fraction of sp³-hybridized carbons (Fsp3) is 0.632. The lowest BCUT2D eigenvalue weighted by Crippen LogP contribution is -2.38. The molecule has 0 saturated heterocycles. The fourth-order valence-corrected chi connectivity index (χ4v) is 3.07. The second kappa shape index (κ2) is 11.4. The van der Waals surface area contributed by atoms with Crippen LogP contribution in [0.2, 0.25) is 0 Å². The van der Waals surface area contributed by atoms with Crippen molar-refractivity contribution in [3.63, 3.8) is 0 Å². The molecular weight excluding hydrogens is 384 g/mol. The van der Waals surface area contributed by atoms with E-state index in [-0.39, 0.29) is 5.91 Å². The molecule has 0 aliphatic heterocycles. The quantitative estimate of drug-likeness (QED) is 0.600. The number of amides is 1. The summed E-state index contributed by atoms with van der Waals surface area (Å²) in [5.41, 5.74) is 0.889. The highest BCUT2D eigenvalue weighted by atomic mass is 79.9. The van der Waals surface area contributed by atoms with Gasteiger partial charge in [-0.1, -0.05) is 22.9 Å². The van der Waals surface area contributed by atoms with Crippen molar-refractivity contribution >= 4 is 21.8 Å². The molecule has 25 heavy (non-hydrogen) atoms. The number of benzene rings is 1. The number of carbonyl (C=O) groups excluding carboxylic acids is 1. The summed E-state index contributed by atoms with van der Waals surface area (Å²) >= 11 is 3.53. The Morgan fingerprint density at radius 1 is 1.16 bits per heavy atom. The summed E-state index contributed by atoms with van der Waals surface area (Å²) in [4.78, 5) is 14.6. The third-order valence-electron chi connectivity index (χ3n) is 3.92. The summed E-state index contributed by atoms with van der Waals surface area (Å²) in [6, 6.07) is 4.23.